The minimum absolute atomic E-state index is 0.747. The van der Waals surface area contributed by atoms with Gasteiger partial charge in [0.2, 0.25) is 0 Å². The summed E-state index contributed by atoms with van der Waals surface area (Å²) in [5, 5.41) is 3.75. The molecular weight excluding hydrogens is 617 g/mol. The van der Waals surface area contributed by atoms with Crippen molar-refractivity contribution in [3.05, 3.63) is 206 Å². The van der Waals surface area contributed by atoms with Gasteiger partial charge in [0.05, 0.1) is 0 Å². The Morgan fingerprint density at radius 2 is 0.922 bits per heavy atom. The highest BCUT2D eigenvalue weighted by Crippen LogP contribution is 2.40. The topological polar surface area (TPSA) is 15.3 Å². The van der Waals surface area contributed by atoms with Crippen LogP contribution in [0.2, 0.25) is 0 Å². The number of hydrogen-bond acceptors (Lipinski definition) is 2. The van der Waals surface area contributed by atoms with Crippen LogP contribution in [0.4, 0.5) is 28.4 Å². The molecule has 0 aliphatic heterocycles. The molecule has 7 aromatic carbocycles. The molecule has 0 radical (unpaired) electrons. The van der Waals surface area contributed by atoms with Gasteiger partial charge >= 0.3 is 0 Å². The van der Waals surface area contributed by atoms with E-state index in [4.69, 9.17) is 0 Å². The first-order valence-corrected chi connectivity index (χ1v) is 17.3. The molecule has 7 aromatic rings. The molecule has 0 saturated carbocycles. The lowest BCUT2D eigenvalue weighted by Gasteiger charge is -2.27. The number of hydrogen-bond donors (Lipinski definition) is 1. The number of benzene rings is 7. The molecule has 0 fully saturated rings. The van der Waals surface area contributed by atoms with Crippen molar-refractivity contribution in [3.8, 4) is 45.2 Å². The predicted octanol–water partition coefficient (Wildman–Crippen LogP) is 13.2. The molecule has 0 saturated heterocycles. The molecule has 0 aromatic heterocycles. The van der Waals surface area contributed by atoms with E-state index in [2.05, 4.69) is 216 Å². The fourth-order valence-corrected chi connectivity index (χ4v) is 6.49. The van der Waals surface area contributed by atoms with E-state index in [1.807, 2.05) is 6.07 Å². The number of nitrogens with zero attached hydrogens (tertiary/aromatic N) is 1. The highest BCUT2D eigenvalue weighted by molar-refractivity contribution is 5.91. The van der Waals surface area contributed by atoms with E-state index in [1.165, 1.54) is 33.4 Å². The van der Waals surface area contributed by atoms with Crippen molar-refractivity contribution in [2.24, 2.45) is 0 Å². The predicted molar refractivity (Wildman–Crippen MR) is 217 cm³/mol. The summed E-state index contributed by atoms with van der Waals surface area (Å²) in [6, 6.07) is 64.4. The standard InChI is InChI=1S/C49H36N2/c1-2-7-19-43(18-6-1)48-35-34-47(36-49(48)50-44-30-26-41(27-31-44)38-16-10-4-11-17-38)51(45-20-12-5-13-21-45)46-32-28-42(29-33-46)40-24-22-39(23-25-40)37-14-8-3-9-15-37/h1,3-6,8-18,20-36,50H,2H2. The lowest BCUT2D eigenvalue weighted by Crippen LogP contribution is -2.10. The Morgan fingerprint density at radius 1 is 0.451 bits per heavy atom. The molecule has 1 aliphatic carbocycles. The van der Waals surface area contributed by atoms with E-state index in [0.29, 0.717) is 0 Å². The molecule has 1 N–H and O–H groups in total. The van der Waals surface area contributed by atoms with Gasteiger partial charge in [0.25, 0.3) is 0 Å². The van der Waals surface area contributed by atoms with E-state index in [0.717, 1.165) is 46.0 Å². The van der Waals surface area contributed by atoms with Crippen LogP contribution in [0, 0.1) is 11.8 Å². The van der Waals surface area contributed by atoms with Crippen LogP contribution in [0.1, 0.15) is 12.0 Å². The molecule has 8 rings (SSSR count). The number of anilines is 5. The number of rotatable bonds is 9. The second kappa shape index (κ2) is 14.7. The van der Waals surface area contributed by atoms with Gasteiger partial charge in [-0.25, -0.2) is 0 Å². The van der Waals surface area contributed by atoms with Crippen molar-refractivity contribution in [1.82, 2.24) is 0 Å². The van der Waals surface area contributed by atoms with Crippen molar-refractivity contribution >= 4 is 34.0 Å². The summed E-state index contributed by atoms with van der Waals surface area (Å²) in [5.41, 5.74) is 14.5. The smallest absolute Gasteiger partial charge is 0.0491 e. The van der Waals surface area contributed by atoms with Gasteiger partial charge in [-0.1, -0.05) is 151 Å². The zero-order valence-corrected chi connectivity index (χ0v) is 28.2. The largest absolute Gasteiger partial charge is 0.355 e. The minimum Gasteiger partial charge on any atom is -0.355 e. The molecule has 0 heterocycles. The van der Waals surface area contributed by atoms with E-state index in [1.54, 1.807) is 0 Å². The molecule has 1 aliphatic rings. The second-order valence-corrected chi connectivity index (χ2v) is 12.5. The molecule has 2 nitrogen and oxygen atoms in total. The normalized spacial score (nSPS) is 11.9. The van der Waals surface area contributed by atoms with E-state index >= 15 is 0 Å². The zero-order valence-electron chi connectivity index (χ0n) is 28.2. The van der Waals surface area contributed by atoms with Gasteiger partial charge in [-0.05, 0) is 94.1 Å². The highest BCUT2D eigenvalue weighted by atomic mass is 15.1. The quantitative estimate of drug-likeness (QED) is 0.156. The van der Waals surface area contributed by atoms with Gasteiger partial charge in [-0.15, -0.1) is 0 Å². The summed E-state index contributed by atoms with van der Waals surface area (Å²) in [4.78, 5) is 2.31. The average molecular weight is 653 g/mol. The first-order valence-electron chi connectivity index (χ1n) is 17.3. The summed E-state index contributed by atoms with van der Waals surface area (Å²) in [7, 11) is 0. The Morgan fingerprint density at radius 3 is 1.51 bits per heavy atom. The lowest BCUT2D eigenvalue weighted by atomic mass is 9.99. The van der Waals surface area contributed by atoms with Gasteiger partial charge < -0.3 is 10.2 Å². The third kappa shape index (κ3) is 7.15. The van der Waals surface area contributed by atoms with Crippen LogP contribution >= 0.6 is 0 Å². The molecule has 0 atom stereocenters. The van der Waals surface area contributed by atoms with Crippen LogP contribution in [-0.4, -0.2) is 0 Å². The summed E-state index contributed by atoms with van der Waals surface area (Å²) in [6.45, 7) is 0. The Labute approximate surface area is 300 Å². The Hall–Kier alpha value is -6.82. The molecule has 51 heavy (non-hydrogen) atoms. The fraction of sp³-hybridized carbons (Fsp3) is 0.0204. The highest BCUT2D eigenvalue weighted by Gasteiger charge is 2.16. The number of para-hydroxylation sites is 1. The number of nitrogens with one attached hydrogen (secondary N) is 1. The molecule has 242 valence electrons. The van der Waals surface area contributed by atoms with Crippen molar-refractivity contribution < 1.29 is 0 Å². The average Bonchev–Trinajstić information content (AvgIpc) is 3.50. The maximum atomic E-state index is 3.75. The maximum Gasteiger partial charge on any atom is 0.0491 e. The van der Waals surface area contributed by atoms with Gasteiger partial charge in [-0.2, -0.15) is 0 Å². The van der Waals surface area contributed by atoms with Gasteiger partial charge in [0.15, 0.2) is 0 Å². The fourth-order valence-electron chi connectivity index (χ4n) is 6.49. The Balaban J connectivity index is 1.15. The van der Waals surface area contributed by atoms with E-state index < -0.39 is 0 Å². The van der Waals surface area contributed by atoms with E-state index in [9.17, 15) is 0 Å². The third-order valence-corrected chi connectivity index (χ3v) is 9.13. The van der Waals surface area contributed by atoms with Gasteiger partial charge in [-0.3, -0.25) is 0 Å². The third-order valence-electron chi connectivity index (χ3n) is 9.13. The zero-order chi connectivity index (χ0) is 34.2. The minimum atomic E-state index is 0.747. The SMILES string of the molecule is C1#CC(c2ccc(N(c3ccccc3)c3ccc(-c4ccc(-c5ccccc5)cc4)cc3)cc2Nc2ccc(-c3ccccc3)cc2)=CC=CC1. The second-order valence-electron chi connectivity index (χ2n) is 12.5. The van der Waals surface area contributed by atoms with Crippen LogP contribution in [0.3, 0.4) is 0 Å². The van der Waals surface area contributed by atoms with Gasteiger partial charge in [0, 0.05) is 46.0 Å². The van der Waals surface area contributed by atoms with Crippen molar-refractivity contribution in [2.45, 2.75) is 6.42 Å². The Kier molecular flexibility index (Phi) is 9.09. The first kappa shape index (κ1) is 31.4. The Bertz CT molecular complexity index is 2360. The van der Waals surface area contributed by atoms with Crippen LogP contribution in [0.15, 0.2) is 200 Å². The summed E-state index contributed by atoms with van der Waals surface area (Å²) < 4.78 is 0. The van der Waals surface area contributed by atoms with Crippen LogP contribution in [0.5, 0.6) is 0 Å². The lowest BCUT2D eigenvalue weighted by molar-refractivity contribution is 1.28. The van der Waals surface area contributed by atoms with Gasteiger partial charge in [0.1, 0.15) is 0 Å². The van der Waals surface area contributed by atoms with Crippen LogP contribution in [0.25, 0.3) is 39.0 Å². The van der Waals surface area contributed by atoms with Crippen molar-refractivity contribution in [2.75, 3.05) is 10.2 Å². The molecule has 0 spiro atoms. The molecular formula is C49H36N2. The van der Waals surface area contributed by atoms with Crippen molar-refractivity contribution in [3.63, 3.8) is 0 Å². The monoisotopic (exact) mass is 652 g/mol. The maximum absolute atomic E-state index is 3.75. The molecule has 0 amide bonds. The molecule has 0 unspecified atom stereocenters. The van der Waals surface area contributed by atoms with Crippen LogP contribution < -0.4 is 10.2 Å². The number of allylic oxidation sites excluding steroid dienone is 4. The van der Waals surface area contributed by atoms with Crippen LogP contribution in [-0.2, 0) is 0 Å². The van der Waals surface area contributed by atoms with Crippen molar-refractivity contribution in [1.29, 1.82) is 0 Å². The molecule has 2 heteroatoms. The molecule has 0 bridgehead atoms. The first-order chi connectivity index (χ1) is 25.3. The summed E-state index contributed by atoms with van der Waals surface area (Å²) >= 11 is 0. The van der Waals surface area contributed by atoms with E-state index in [-0.39, 0.29) is 0 Å². The summed E-state index contributed by atoms with van der Waals surface area (Å²) in [6.07, 6.45) is 7.04. The summed E-state index contributed by atoms with van der Waals surface area (Å²) in [5.74, 6) is 6.68.